The predicted molar refractivity (Wildman–Crippen MR) is 45.8 cm³/mol. The van der Waals surface area contributed by atoms with E-state index in [0.717, 1.165) is 13.2 Å². The third kappa shape index (κ3) is 2.14. The molecule has 10 heteroatoms. The maximum atomic E-state index is 13.1. The molecule has 0 atom stereocenters. The largest absolute Gasteiger partial charge is 0.460 e. The van der Waals surface area contributed by atoms with Crippen LogP contribution in [0.4, 0.5) is 30.7 Å². The van der Waals surface area contributed by atoms with Gasteiger partial charge in [0.15, 0.2) is 5.69 Å². The van der Waals surface area contributed by atoms with E-state index in [1.165, 1.54) is 0 Å². The van der Waals surface area contributed by atoms with Crippen molar-refractivity contribution < 1.29 is 30.7 Å². The summed E-state index contributed by atoms with van der Waals surface area (Å²) in [5, 5.41) is 2.90. The zero-order valence-electron chi connectivity index (χ0n) is 8.00. The molecule has 0 aliphatic carbocycles. The van der Waals surface area contributed by atoms with E-state index < -0.39 is 28.2 Å². The normalized spacial score (nSPS) is 14.2. The summed E-state index contributed by atoms with van der Waals surface area (Å²) >= 11 is 2.45. The van der Waals surface area contributed by atoms with E-state index in [-0.39, 0.29) is 0 Å². The molecule has 1 aromatic heterocycles. The molecule has 0 aliphatic rings. The second kappa shape index (κ2) is 3.85. The molecular formula is C7H4BrF7N2. The van der Waals surface area contributed by atoms with Gasteiger partial charge in [-0.3, -0.25) is 4.68 Å². The molecule has 0 spiro atoms. The van der Waals surface area contributed by atoms with Crippen LogP contribution in [0.25, 0.3) is 0 Å². The van der Waals surface area contributed by atoms with Crippen molar-refractivity contribution in [3.05, 3.63) is 16.4 Å². The molecule has 1 heterocycles. The highest BCUT2D eigenvalue weighted by molar-refractivity contribution is 9.10. The van der Waals surface area contributed by atoms with Gasteiger partial charge in [0.2, 0.25) is 0 Å². The Kier molecular flexibility index (Phi) is 3.23. The quantitative estimate of drug-likeness (QED) is 0.760. The van der Waals surface area contributed by atoms with Crippen LogP contribution < -0.4 is 0 Å². The molecule has 0 amide bonds. The summed E-state index contributed by atoms with van der Waals surface area (Å²) in [6, 6.07) is 0. The Hall–Kier alpha value is -0.800. The fourth-order valence-electron chi connectivity index (χ4n) is 0.999. The fraction of sp³-hybridized carbons (Fsp3) is 0.571. The molecule has 0 bridgehead atoms. The Morgan fingerprint density at radius 3 is 1.88 bits per heavy atom. The maximum Gasteiger partial charge on any atom is 0.460 e. The molecule has 0 N–H and O–H groups in total. The molecule has 0 aromatic carbocycles. The van der Waals surface area contributed by atoms with Crippen LogP contribution in [0.15, 0.2) is 10.7 Å². The highest BCUT2D eigenvalue weighted by Gasteiger charge is 2.74. The summed E-state index contributed by atoms with van der Waals surface area (Å²) in [4.78, 5) is 0. The van der Waals surface area contributed by atoms with Crippen molar-refractivity contribution in [1.82, 2.24) is 9.78 Å². The van der Waals surface area contributed by atoms with Crippen LogP contribution in [0, 0.1) is 0 Å². The van der Waals surface area contributed by atoms with Crippen molar-refractivity contribution in [2.75, 3.05) is 0 Å². The van der Waals surface area contributed by atoms with Gasteiger partial charge in [0.05, 0.1) is 4.47 Å². The number of aromatic nitrogens is 2. The van der Waals surface area contributed by atoms with Crippen molar-refractivity contribution in [1.29, 1.82) is 0 Å². The molecule has 0 saturated carbocycles. The zero-order chi connectivity index (χ0) is 13.6. The van der Waals surface area contributed by atoms with Gasteiger partial charge in [-0.15, -0.1) is 0 Å². The van der Waals surface area contributed by atoms with Crippen molar-refractivity contribution in [3.8, 4) is 0 Å². The molecule has 2 nitrogen and oxygen atoms in total. The van der Waals surface area contributed by atoms with Crippen molar-refractivity contribution >= 4 is 15.9 Å². The van der Waals surface area contributed by atoms with Gasteiger partial charge < -0.3 is 0 Å². The Bertz CT molecular complexity index is 422. The number of halogens is 8. The second-order valence-corrected chi connectivity index (χ2v) is 4.00. The van der Waals surface area contributed by atoms with Crippen LogP contribution in [-0.4, -0.2) is 21.9 Å². The lowest BCUT2D eigenvalue weighted by atomic mass is 10.1. The average molecular weight is 329 g/mol. The predicted octanol–water partition coefficient (Wildman–Crippen LogP) is 3.47. The van der Waals surface area contributed by atoms with Crippen LogP contribution in [0.5, 0.6) is 0 Å². The SMILES string of the molecule is Cn1cc(Br)c(C(F)(F)C(F)(F)C(F)(F)F)n1. The number of rotatable bonds is 2. The summed E-state index contributed by atoms with van der Waals surface area (Å²) in [5.41, 5.74) is -1.66. The Balaban J connectivity index is 3.33. The third-order valence-electron chi connectivity index (χ3n) is 1.83. The van der Waals surface area contributed by atoms with Crippen LogP contribution >= 0.6 is 15.9 Å². The summed E-state index contributed by atoms with van der Waals surface area (Å²) in [5.74, 6) is -11.7. The van der Waals surface area contributed by atoms with Crippen molar-refractivity contribution in [2.45, 2.75) is 18.0 Å². The van der Waals surface area contributed by atoms with Gasteiger partial charge in [-0.05, 0) is 15.9 Å². The number of aryl methyl sites for hydroxylation is 1. The van der Waals surface area contributed by atoms with Gasteiger partial charge in [0.1, 0.15) is 0 Å². The number of hydrogen-bond acceptors (Lipinski definition) is 1. The zero-order valence-corrected chi connectivity index (χ0v) is 9.58. The molecule has 98 valence electrons. The van der Waals surface area contributed by atoms with Crippen LogP contribution in [-0.2, 0) is 13.0 Å². The number of hydrogen-bond donors (Lipinski definition) is 0. The summed E-state index contributed by atoms with van der Waals surface area (Å²) in [6.07, 6.45) is -5.52. The van der Waals surface area contributed by atoms with Gasteiger partial charge in [-0.25, -0.2) is 0 Å². The van der Waals surface area contributed by atoms with E-state index in [4.69, 9.17) is 0 Å². The van der Waals surface area contributed by atoms with E-state index in [9.17, 15) is 30.7 Å². The first kappa shape index (κ1) is 14.3. The van der Waals surface area contributed by atoms with Gasteiger partial charge in [0, 0.05) is 13.2 Å². The lowest BCUT2D eigenvalue weighted by Crippen LogP contribution is -2.50. The summed E-state index contributed by atoms with van der Waals surface area (Å²) in [7, 11) is 1.11. The maximum absolute atomic E-state index is 13.1. The van der Waals surface area contributed by atoms with Gasteiger partial charge in [-0.2, -0.15) is 35.8 Å². The minimum absolute atomic E-state index is 0.631. The highest BCUT2D eigenvalue weighted by atomic mass is 79.9. The van der Waals surface area contributed by atoms with E-state index in [1.807, 2.05) is 0 Å². The van der Waals surface area contributed by atoms with Crippen molar-refractivity contribution in [3.63, 3.8) is 0 Å². The smallest absolute Gasteiger partial charge is 0.274 e. The average Bonchev–Trinajstić information content (AvgIpc) is 2.43. The molecule has 0 saturated heterocycles. The minimum atomic E-state index is -6.37. The molecule has 0 fully saturated rings. The standard InChI is InChI=1S/C7H4BrF7N2/c1-17-2-3(8)4(16-17)5(9,10)6(11,12)7(13,14)15/h2H,1H3. The first-order valence-corrected chi connectivity index (χ1v) is 4.72. The first-order valence-electron chi connectivity index (χ1n) is 3.93. The van der Waals surface area contributed by atoms with Crippen molar-refractivity contribution in [2.24, 2.45) is 7.05 Å². The summed E-state index contributed by atoms with van der Waals surface area (Å²) < 4.78 is 87.2. The Morgan fingerprint density at radius 2 is 1.59 bits per heavy atom. The lowest BCUT2D eigenvalue weighted by Gasteiger charge is -2.27. The topological polar surface area (TPSA) is 17.8 Å². The second-order valence-electron chi connectivity index (χ2n) is 3.15. The van der Waals surface area contributed by atoms with Gasteiger partial charge >= 0.3 is 18.0 Å². The van der Waals surface area contributed by atoms with Gasteiger partial charge in [0.25, 0.3) is 0 Å². The summed E-state index contributed by atoms with van der Waals surface area (Å²) in [6.45, 7) is 0. The van der Waals surface area contributed by atoms with E-state index in [1.54, 1.807) is 0 Å². The first-order chi connectivity index (χ1) is 7.41. The molecular weight excluding hydrogens is 325 g/mol. The lowest BCUT2D eigenvalue weighted by molar-refractivity contribution is -0.360. The van der Waals surface area contributed by atoms with Crippen LogP contribution in [0.1, 0.15) is 5.69 Å². The molecule has 0 aliphatic heterocycles. The molecule has 0 unspecified atom stereocenters. The van der Waals surface area contributed by atoms with E-state index in [2.05, 4.69) is 21.0 Å². The number of nitrogens with zero attached hydrogens (tertiary/aromatic N) is 2. The van der Waals surface area contributed by atoms with E-state index >= 15 is 0 Å². The Labute approximate surface area is 98.5 Å². The monoisotopic (exact) mass is 328 g/mol. The minimum Gasteiger partial charge on any atom is -0.274 e. The number of alkyl halides is 7. The van der Waals surface area contributed by atoms with Crippen LogP contribution in [0.2, 0.25) is 0 Å². The van der Waals surface area contributed by atoms with Crippen LogP contribution in [0.3, 0.4) is 0 Å². The molecule has 0 radical (unpaired) electrons. The fourth-order valence-corrected chi connectivity index (χ4v) is 1.62. The van der Waals surface area contributed by atoms with E-state index in [0.29, 0.717) is 4.68 Å². The molecule has 1 rings (SSSR count). The Morgan fingerprint density at radius 1 is 1.12 bits per heavy atom. The molecule has 17 heavy (non-hydrogen) atoms. The third-order valence-corrected chi connectivity index (χ3v) is 2.41. The van der Waals surface area contributed by atoms with Gasteiger partial charge in [-0.1, -0.05) is 0 Å². The molecule has 1 aromatic rings. The highest BCUT2D eigenvalue weighted by Crippen LogP contribution is 2.52.